The van der Waals surface area contributed by atoms with Crippen LogP contribution in [-0.4, -0.2) is 23.1 Å². The maximum absolute atomic E-state index is 12.0. The molecule has 24 heavy (non-hydrogen) atoms. The lowest BCUT2D eigenvalue weighted by atomic mass is 10.1. The Morgan fingerprint density at radius 3 is 2.00 bits per heavy atom. The van der Waals surface area contributed by atoms with Crippen molar-refractivity contribution < 1.29 is 14.8 Å². The van der Waals surface area contributed by atoms with Crippen molar-refractivity contribution in [3.8, 4) is 11.8 Å². The molecule has 5 N–H and O–H groups in total. The van der Waals surface area contributed by atoms with E-state index in [4.69, 9.17) is 10.9 Å². The second kappa shape index (κ2) is 7.81. The van der Waals surface area contributed by atoms with Crippen LogP contribution in [0.3, 0.4) is 0 Å². The van der Waals surface area contributed by atoms with Crippen molar-refractivity contribution in [3.05, 3.63) is 65.2 Å². The average molecular weight is 323 g/mol. The Morgan fingerprint density at radius 2 is 1.50 bits per heavy atom. The maximum atomic E-state index is 12.0. The third-order valence-electron chi connectivity index (χ3n) is 3.26. The molecule has 0 saturated carbocycles. The molecule has 6 nitrogen and oxygen atoms in total. The van der Waals surface area contributed by atoms with E-state index in [1.54, 1.807) is 36.4 Å². The summed E-state index contributed by atoms with van der Waals surface area (Å²) in [6.45, 7) is 1.47. The van der Waals surface area contributed by atoms with E-state index >= 15 is 0 Å². The van der Waals surface area contributed by atoms with Gasteiger partial charge in [-0.25, -0.2) is 5.48 Å². The molecule has 2 aromatic rings. The lowest BCUT2D eigenvalue weighted by Gasteiger charge is -2.11. The van der Waals surface area contributed by atoms with E-state index in [1.165, 1.54) is 12.4 Å². The first-order chi connectivity index (χ1) is 11.5. The highest BCUT2D eigenvalue weighted by Crippen LogP contribution is 2.06. The predicted octanol–water partition coefficient (Wildman–Crippen LogP) is 1.29. The van der Waals surface area contributed by atoms with Gasteiger partial charge in [0.15, 0.2) is 0 Å². The molecule has 0 fully saturated rings. The van der Waals surface area contributed by atoms with E-state index in [1.807, 2.05) is 12.1 Å². The van der Waals surface area contributed by atoms with Gasteiger partial charge in [0.2, 0.25) is 0 Å². The van der Waals surface area contributed by atoms with Crippen molar-refractivity contribution in [3.63, 3.8) is 0 Å². The number of carbonyl (C=O) groups excluding carboxylic acids is 2. The number of hydroxylamine groups is 1. The zero-order valence-electron chi connectivity index (χ0n) is 13.0. The van der Waals surface area contributed by atoms with E-state index in [9.17, 15) is 9.59 Å². The molecule has 0 unspecified atom stereocenters. The summed E-state index contributed by atoms with van der Waals surface area (Å²) in [6.07, 6.45) is 0. The van der Waals surface area contributed by atoms with E-state index in [2.05, 4.69) is 17.2 Å². The smallest absolute Gasteiger partial charge is 0.265 e. The van der Waals surface area contributed by atoms with Crippen LogP contribution in [0.15, 0.2) is 48.5 Å². The molecule has 0 heterocycles. The monoisotopic (exact) mass is 323 g/mol. The first kappa shape index (κ1) is 17.1. The Balaban J connectivity index is 2.04. The number of hydrogen-bond donors (Lipinski definition) is 4. The molecule has 0 aliphatic carbocycles. The van der Waals surface area contributed by atoms with E-state index in [-0.39, 0.29) is 0 Å². The third kappa shape index (κ3) is 4.60. The van der Waals surface area contributed by atoms with Crippen LogP contribution < -0.4 is 16.5 Å². The highest BCUT2D eigenvalue weighted by molar-refractivity contribution is 5.97. The first-order valence-corrected chi connectivity index (χ1v) is 7.22. The van der Waals surface area contributed by atoms with E-state index in [0.717, 1.165) is 11.1 Å². The Kier molecular flexibility index (Phi) is 5.55. The van der Waals surface area contributed by atoms with Gasteiger partial charge in [-0.15, -0.1) is 0 Å². The number of nitrogens with two attached hydrogens (primary N) is 1. The van der Waals surface area contributed by atoms with E-state index in [0.29, 0.717) is 11.3 Å². The number of hydrogen-bond acceptors (Lipinski definition) is 4. The molecule has 6 heteroatoms. The lowest BCUT2D eigenvalue weighted by Crippen LogP contribution is -2.43. The SMILES string of the molecule is C[C@H](NC(=O)c1ccc(C#Cc2ccc(N)cc2)cc1)C(=O)NO. The molecular formula is C18H17N3O3. The van der Waals surface area contributed by atoms with Gasteiger partial charge in [-0.3, -0.25) is 14.8 Å². The average Bonchev–Trinajstić information content (AvgIpc) is 2.60. The molecule has 1 atom stereocenters. The van der Waals surface area contributed by atoms with Crippen molar-refractivity contribution in [1.29, 1.82) is 0 Å². The Labute approximate surface area is 139 Å². The number of benzene rings is 2. The zero-order valence-corrected chi connectivity index (χ0v) is 13.0. The van der Waals surface area contributed by atoms with Crippen molar-refractivity contribution >= 4 is 17.5 Å². The molecule has 0 aliphatic rings. The number of amides is 2. The first-order valence-electron chi connectivity index (χ1n) is 7.22. The van der Waals surface area contributed by atoms with Gasteiger partial charge in [0.05, 0.1) is 0 Å². The fraction of sp³-hybridized carbons (Fsp3) is 0.111. The van der Waals surface area contributed by atoms with Crippen LogP contribution in [0.5, 0.6) is 0 Å². The second-order valence-corrected chi connectivity index (χ2v) is 5.12. The summed E-state index contributed by atoms with van der Waals surface area (Å²) in [5.74, 6) is 4.90. The summed E-state index contributed by atoms with van der Waals surface area (Å²) in [7, 11) is 0. The highest BCUT2D eigenvalue weighted by atomic mass is 16.5. The molecule has 122 valence electrons. The summed E-state index contributed by atoms with van der Waals surface area (Å²) < 4.78 is 0. The summed E-state index contributed by atoms with van der Waals surface area (Å²) in [5.41, 5.74) is 9.77. The van der Waals surface area contributed by atoms with Crippen LogP contribution in [0.4, 0.5) is 5.69 Å². The van der Waals surface area contributed by atoms with Crippen LogP contribution in [0.1, 0.15) is 28.4 Å². The third-order valence-corrected chi connectivity index (χ3v) is 3.26. The van der Waals surface area contributed by atoms with Crippen molar-refractivity contribution in [1.82, 2.24) is 10.8 Å². The number of nitrogen functional groups attached to an aromatic ring is 1. The highest BCUT2D eigenvalue weighted by Gasteiger charge is 2.15. The minimum atomic E-state index is -0.840. The number of rotatable bonds is 3. The molecule has 0 aliphatic heterocycles. The molecule has 0 saturated heterocycles. The quantitative estimate of drug-likeness (QED) is 0.296. The number of carbonyl (C=O) groups is 2. The molecule has 2 aromatic carbocycles. The Bertz CT molecular complexity index is 787. The lowest BCUT2D eigenvalue weighted by molar-refractivity contribution is -0.130. The van der Waals surface area contributed by atoms with Crippen LogP contribution >= 0.6 is 0 Å². The van der Waals surface area contributed by atoms with Gasteiger partial charge in [0, 0.05) is 22.4 Å². The molecule has 0 bridgehead atoms. The van der Waals surface area contributed by atoms with Crippen LogP contribution in [0.25, 0.3) is 0 Å². The molecular weight excluding hydrogens is 306 g/mol. The summed E-state index contributed by atoms with van der Waals surface area (Å²) in [4.78, 5) is 23.1. The molecule has 2 amide bonds. The minimum absolute atomic E-state index is 0.394. The van der Waals surface area contributed by atoms with Gasteiger partial charge < -0.3 is 11.1 Å². The van der Waals surface area contributed by atoms with Crippen molar-refractivity contribution in [2.45, 2.75) is 13.0 Å². The molecule has 0 spiro atoms. The van der Waals surface area contributed by atoms with Crippen LogP contribution in [0, 0.1) is 11.8 Å². The van der Waals surface area contributed by atoms with Gasteiger partial charge in [-0.2, -0.15) is 0 Å². The Morgan fingerprint density at radius 1 is 1.00 bits per heavy atom. The summed E-state index contributed by atoms with van der Waals surface area (Å²) in [6, 6.07) is 13.1. The molecule has 2 rings (SSSR count). The minimum Gasteiger partial charge on any atom is -0.399 e. The fourth-order valence-electron chi connectivity index (χ4n) is 1.86. The topological polar surface area (TPSA) is 104 Å². The fourth-order valence-corrected chi connectivity index (χ4v) is 1.86. The standard InChI is InChI=1S/C18H17N3O3/c1-12(17(22)21-24)20-18(23)15-8-4-13(5-9-15)2-3-14-6-10-16(19)11-7-14/h4-12,24H,19H2,1H3,(H,20,23)(H,21,22)/t12-/m0/s1. The Hall–Kier alpha value is -3.30. The van der Waals surface area contributed by atoms with E-state index < -0.39 is 17.9 Å². The number of anilines is 1. The van der Waals surface area contributed by atoms with Gasteiger partial charge >= 0.3 is 0 Å². The van der Waals surface area contributed by atoms with Gasteiger partial charge in [-0.05, 0) is 55.5 Å². The maximum Gasteiger partial charge on any atom is 0.265 e. The summed E-state index contributed by atoms with van der Waals surface area (Å²) >= 11 is 0. The van der Waals surface area contributed by atoms with Crippen molar-refractivity contribution in [2.24, 2.45) is 0 Å². The van der Waals surface area contributed by atoms with Gasteiger partial charge in [0.1, 0.15) is 6.04 Å². The van der Waals surface area contributed by atoms with Crippen LogP contribution in [0.2, 0.25) is 0 Å². The second-order valence-electron chi connectivity index (χ2n) is 5.12. The predicted molar refractivity (Wildman–Crippen MR) is 90.1 cm³/mol. The normalized spacial score (nSPS) is 10.9. The largest absolute Gasteiger partial charge is 0.399 e. The zero-order chi connectivity index (χ0) is 17.5. The molecule has 0 radical (unpaired) electrons. The summed E-state index contributed by atoms with van der Waals surface area (Å²) in [5, 5.41) is 11.0. The van der Waals surface area contributed by atoms with Crippen molar-refractivity contribution in [2.75, 3.05) is 5.73 Å². The van der Waals surface area contributed by atoms with Gasteiger partial charge in [0.25, 0.3) is 11.8 Å². The number of nitrogens with one attached hydrogen (secondary N) is 2. The molecule has 0 aromatic heterocycles. The van der Waals surface area contributed by atoms with Crippen LogP contribution in [-0.2, 0) is 4.79 Å². The van der Waals surface area contributed by atoms with Gasteiger partial charge in [-0.1, -0.05) is 11.8 Å².